The number of nitrogens with zero attached hydrogens (tertiary/aromatic N) is 2. The van der Waals surface area contributed by atoms with E-state index in [2.05, 4.69) is 29.2 Å². The molecule has 37 heavy (non-hydrogen) atoms. The van der Waals surface area contributed by atoms with E-state index in [1.54, 1.807) is 31.0 Å². The number of hydrogen-bond acceptors (Lipinski definition) is 4. The van der Waals surface area contributed by atoms with E-state index in [-0.39, 0.29) is 17.8 Å². The molecule has 1 heterocycles. The molecule has 4 rings (SSSR count). The lowest BCUT2D eigenvalue weighted by Crippen LogP contribution is -2.48. The summed E-state index contributed by atoms with van der Waals surface area (Å²) in [5, 5.41) is 0. The maximum Gasteiger partial charge on any atom is 0.379 e. The molecule has 9 heteroatoms. The highest BCUT2D eigenvalue weighted by atomic mass is 32.2. The quantitative estimate of drug-likeness (QED) is 0.250. The van der Waals surface area contributed by atoms with Crippen molar-refractivity contribution in [2.75, 3.05) is 44.4 Å². The number of methoxy groups -OCH3 is 1. The average Bonchev–Trinajstić information content (AvgIpc) is 2.92. The average molecular weight is 535 g/mol. The number of ether oxygens (including phenoxy) is 1. The molecule has 1 aliphatic rings. The number of halogens is 4. The Labute approximate surface area is 219 Å². The van der Waals surface area contributed by atoms with Crippen LogP contribution in [0.4, 0.5) is 23.2 Å². The van der Waals surface area contributed by atoms with Crippen molar-refractivity contribution >= 4 is 23.4 Å². The fraction of sp³-hybridized carbons (Fsp3) is 0.321. The molecular formula is C28H30F4N2O2S. The zero-order valence-electron chi connectivity index (χ0n) is 21.0. The fourth-order valence-electron chi connectivity index (χ4n) is 4.14. The molecule has 0 aliphatic carbocycles. The maximum atomic E-state index is 13.5. The van der Waals surface area contributed by atoms with E-state index < -0.39 is 6.68 Å². The lowest BCUT2D eigenvalue weighted by molar-refractivity contribution is 0.00818. The molecule has 198 valence electrons. The van der Waals surface area contributed by atoms with Gasteiger partial charge in [0.25, 0.3) is 5.91 Å². The van der Waals surface area contributed by atoms with Crippen LogP contribution in [-0.2, 0) is 4.74 Å². The van der Waals surface area contributed by atoms with Gasteiger partial charge in [-0.25, -0.2) is 4.39 Å². The third-order valence-electron chi connectivity index (χ3n) is 6.26. The molecule has 1 amide bonds. The summed E-state index contributed by atoms with van der Waals surface area (Å²) < 4.78 is 47.8. The van der Waals surface area contributed by atoms with Crippen molar-refractivity contribution in [1.82, 2.24) is 4.90 Å². The predicted octanol–water partition coefficient (Wildman–Crippen LogP) is 7.06. The number of piperazine rings is 1. The number of thioether (sulfide) groups is 1. The molecule has 3 aromatic carbocycles. The SMILES string of the molecule is COC(C)c1ccc(N2CCN(C(=O)c3cc(SC)ccc3-c3ccc(F)cc3)CC2)cc1.FC(F)F. The zero-order valence-corrected chi connectivity index (χ0v) is 21.8. The Bertz CT molecular complexity index is 1150. The minimum atomic E-state index is -3.67. The minimum absolute atomic E-state index is 0.0224. The lowest BCUT2D eigenvalue weighted by Gasteiger charge is -2.36. The lowest BCUT2D eigenvalue weighted by atomic mass is 9.98. The molecule has 0 spiro atoms. The van der Waals surface area contributed by atoms with Crippen LogP contribution in [0.2, 0.25) is 0 Å². The second kappa shape index (κ2) is 13.5. The smallest absolute Gasteiger partial charge is 0.377 e. The highest BCUT2D eigenvalue weighted by molar-refractivity contribution is 7.98. The van der Waals surface area contributed by atoms with Crippen LogP contribution in [0.1, 0.15) is 28.9 Å². The maximum absolute atomic E-state index is 13.5. The van der Waals surface area contributed by atoms with Gasteiger partial charge in [0.2, 0.25) is 0 Å². The first kappa shape index (κ1) is 28.5. The van der Waals surface area contributed by atoms with E-state index in [0.29, 0.717) is 18.7 Å². The van der Waals surface area contributed by atoms with Crippen LogP contribution in [0, 0.1) is 5.82 Å². The van der Waals surface area contributed by atoms with E-state index in [1.165, 1.54) is 12.1 Å². The van der Waals surface area contributed by atoms with Gasteiger partial charge in [-0.2, -0.15) is 13.2 Å². The van der Waals surface area contributed by atoms with Crippen molar-refractivity contribution in [2.24, 2.45) is 0 Å². The summed E-state index contributed by atoms with van der Waals surface area (Å²) in [5.74, 6) is -0.262. The van der Waals surface area contributed by atoms with E-state index in [0.717, 1.165) is 40.4 Å². The monoisotopic (exact) mass is 534 g/mol. The molecule has 0 radical (unpaired) electrons. The number of benzene rings is 3. The summed E-state index contributed by atoms with van der Waals surface area (Å²) in [5.41, 5.74) is 4.65. The van der Waals surface area contributed by atoms with Gasteiger partial charge in [-0.3, -0.25) is 4.79 Å². The van der Waals surface area contributed by atoms with Gasteiger partial charge in [-0.15, -0.1) is 11.8 Å². The zero-order chi connectivity index (χ0) is 26.9. The van der Waals surface area contributed by atoms with Crippen LogP contribution in [0.25, 0.3) is 11.1 Å². The number of carbonyl (C=O) groups excluding carboxylic acids is 1. The molecule has 1 saturated heterocycles. The summed E-state index contributed by atoms with van der Waals surface area (Å²) in [6.45, 7) is 1.23. The highest BCUT2D eigenvalue weighted by Gasteiger charge is 2.25. The summed E-state index contributed by atoms with van der Waals surface area (Å²) >= 11 is 1.61. The predicted molar refractivity (Wildman–Crippen MR) is 141 cm³/mol. The van der Waals surface area contributed by atoms with Crippen molar-refractivity contribution < 1.29 is 27.1 Å². The Morgan fingerprint density at radius 3 is 2.05 bits per heavy atom. The van der Waals surface area contributed by atoms with Gasteiger partial charge in [0, 0.05) is 49.4 Å². The van der Waals surface area contributed by atoms with Crippen LogP contribution in [0.5, 0.6) is 0 Å². The van der Waals surface area contributed by atoms with Gasteiger partial charge >= 0.3 is 6.68 Å². The van der Waals surface area contributed by atoms with Crippen LogP contribution in [0.15, 0.2) is 71.6 Å². The largest absolute Gasteiger partial charge is 0.379 e. The van der Waals surface area contributed by atoms with Gasteiger partial charge in [0.1, 0.15) is 5.82 Å². The van der Waals surface area contributed by atoms with Crippen molar-refractivity contribution in [2.45, 2.75) is 24.6 Å². The minimum Gasteiger partial charge on any atom is -0.377 e. The molecule has 4 nitrogen and oxygen atoms in total. The Morgan fingerprint density at radius 1 is 0.919 bits per heavy atom. The molecule has 0 saturated carbocycles. The highest BCUT2D eigenvalue weighted by Crippen LogP contribution is 2.30. The van der Waals surface area contributed by atoms with Crippen molar-refractivity contribution in [3.05, 3.63) is 83.7 Å². The standard InChI is InChI=1S/C27H29FN2O2S.CHF3/c1-19(32-2)20-6-10-23(11-7-20)29-14-16-30(17-15-29)27(31)26-18-24(33-3)12-13-25(26)21-4-8-22(28)9-5-21;2-1(3)4/h4-13,18-19H,14-17H2,1-3H3;1H. The van der Waals surface area contributed by atoms with Crippen molar-refractivity contribution in [3.8, 4) is 11.1 Å². The Hall–Kier alpha value is -3.04. The van der Waals surface area contributed by atoms with Crippen LogP contribution in [-0.4, -0.2) is 57.0 Å². The number of rotatable bonds is 6. The first-order chi connectivity index (χ1) is 17.7. The molecule has 0 N–H and O–H groups in total. The number of alkyl halides is 3. The first-order valence-corrected chi connectivity index (χ1v) is 13.0. The van der Waals surface area contributed by atoms with Crippen LogP contribution < -0.4 is 4.90 Å². The first-order valence-electron chi connectivity index (χ1n) is 11.8. The topological polar surface area (TPSA) is 32.8 Å². The molecular weight excluding hydrogens is 504 g/mol. The number of carbonyl (C=O) groups is 1. The third-order valence-corrected chi connectivity index (χ3v) is 6.99. The van der Waals surface area contributed by atoms with Crippen LogP contribution >= 0.6 is 11.8 Å². The number of amides is 1. The molecule has 0 aromatic heterocycles. The van der Waals surface area contributed by atoms with E-state index >= 15 is 0 Å². The van der Waals surface area contributed by atoms with E-state index in [9.17, 15) is 22.4 Å². The Balaban J connectivity index is 0.000000886. The third kappa shape index (κ3) is 7.72. The summed E-state index contributed by atoms with van der Waals surface area (Å²) in [4.78, 5) is 18.8. The van der Waals surface area contributed by atoms with Gasteiger partial charge < -0.3 is 14.5 Å². The Kier molecular flexibility index (Phi) is 10.4. The molecule has 3 aromatic rings. The fourth-order valence-corrected chi connectivity index (χ4v) is 4.58. The number of hydrogen-bond donors (Lipinski definition) is 0. The van der Waals surface area contributed by atoms with Crippen LogP contribution in [0.3, 0.4) is 0 Å². The molecule has 1 fully saturated rings. The number of anilines is 1. The second-order valence-corrected chi connectivity index (χ2v) is 9.29. The molecule has 1 atom stereocenters. The van der Waals surface area contributed by atoms with E-state index in [1.807, 2.05) is 36.3 Å². The van der Waals surface area contributed by atoms with Gasteiger partial charge in [-0.05, 0) is 66.3 Å². The Morgan fingerprint density at radius 2 is 1.51 bits per heavy atom. The summed E-state index contributed by atoms with van der Waals surface area (Å²) in [6.07, 6.45) is 2.07. The van der Waals surface area contributed by atoms with Gasteiger partial charge in [-0.1, -0.05) is 30.3 Å². The van der Waals surface area contributed by atoms with Gasteiger partial charge in [0.15, 0.2) is 0 Å². The summed E-state index contributed by atoms with van der Waals surface area (Å²) in [6, 6.07) is 20.7. The normalized spacial score (nSPS) is 14.3. The second-order valence-electron chi connectivity index (χ2n) is 8.41. The molecule has 0 bridgehead atoms. The van der Waals surface area contributed by atoms with Crippen molar-refractivity contribution in [3.63, 3.8) is 0 Å². The van der Waals surface area contributed by atoms with Crippen molar-refractivity contribution in [1.29, 1.82) is 0 Å². The van der Waals surface area contributed by atoms with E-state index in [4.69, 9.17) is 4.74 Å². The van der Waals surface area contributed by atoms with Gasteiger partial charge in [0.05, 0.1) is 6.10 Å². The molecule has 1 aliphatic heterocycles. The molecule has 1 unspecified atom stereocenters. The summed E-state index contributed by atoms with van der Waals surface area (Å²) in [7, 11) is 1.71.